The molecule has 0 bridgehead atoms. The van der Waals surface area contributed by atoms with Crippen molar-refractivity contribution in [3.05, 3.63) is 23.8 Å². The van der Waals surface area contributed by atoms with Crippen LogP contribution in [0.3, 0.4) is 0 Å². The van der Waals surface area contributed by atoms with E-state index in [0.29, 0.717) is 12.2 Å². The van der Waals surface area contributed by atoms with Crippen LogP contribution in [0.5, 0.6) is 11.5 Å². The second kappa shape index (κ2) is 3.89. The van der Waals surface area contributed by atoms with Crippen molar-refractivity contribution in [1.29, 1.82) is 0 Å². The third-order valence-electron chi connectivity index (χ3n) is 4.06. The van der Waals surface area contributed by atoms with Gasteiger partial charge in [0.05, 0.1) is 0 Å². The first kappa shape index (κ1) is 11.8. The van der Waals surface area contributed by atoms with Gasteiger partial charge in [-0.15, -0.1) is 0 Å². The van der Waals surface area contributed by atoms with Gasteiger partial charge in [-0.2, -0.15) is 0 Å². The molecule has 1 aromatic carbocycles. The Labute approximate surface area is 108 Å². The molecule has 1 aromatic rings. The first-order valence-electron chi connectivity index (χ1n) is 6.59. The zero-order valence-corrected chi connectivity index (χ0v) is 11.4. The summed E-state index contributed by atoms with van der Waals surface area (Å²) in [6.07, 6.45) is 1.19. The average molecular weight is 247 g/mol. The molecule has 0 saturated carbocycles. The lowest BCUT2D eigenvalue weighted by atomic mass is 9.67. The van der Waals surface area contributed by atoms with Gasteiger partial charge < -0.3 is 14.8 Å². The van der Waals surface area contributed by atoms with E-state index >= 15 is 0 Å². The minimum atomic E-state index is 0.169. The fourth-order valence-corrected chi connectivity index (χ4v) is 3.33. The smallest absolute Gasteiger partial charge is 0.231 e. The third kappa shape index (κ3) is 1.97. The van der Waals surface area contributed by atoms with E-state index in [-0.39, 0.29) is 5.41 Å². The van der Waals surface area contributed by atoms with Gasteiger partial charge in [0, 0.05) is 18.5 Å². The standard InChI is InChI=1S/C15H21NO2/c1-14(2)7-15(3,9-16-8-14)11-4-5-12-13(6-11)18-10-17-12/h4-6,16H,7-10H2,1-3H3. The second-order valence-electron chi connectivity index (χ2n) is 6.57. The normalized spacial score (nSPS) is 29.3. The zero-order chi connectivity index (χ0) is 12.8. The number of fused-ring (bicyclic) bond motifs is 1. The maximum Gasteiger partial charge on any atom is 0.231 e. The van der Waals surface area contributed by atoms with Gasteiger partial charge in [-0.05, 0) is 29.5 Å². The molecule has 2 aliphatic heterocycles. The van der Waals surface area contributed by atoms with Crippen molar-refractivity contribution in [2.24, 2.45) is 5.41 Å². The molecule has 3 rings (SSSR count). The Bertz CT molecular complexity index is 470. The molecule has 1 unspecified atom stereocenters. The van der Waals surface area contributed by atoms with Gasteiger partial charge in [0.1, 0.15) is 0 Å². The molecule has 0 spiro atoms. The first-order chi connectivity index (χ1) is 8.49. The van der Waals surface area contributed by atoms with E-state index in [1.807, 2.05) is 6.07 Å². The highest BCUT2D eigenvalue weighted by Crippen LogP contribution is 2.42. The van der Waals surface area contributed by atoms with E-state index in [1.54, 1.807) is 0 Å². The molecule has 98 valence electrons. The summed E-state index contributed by atoms with van der Waals surface area (Å²) in [6.45, 7) is 9.44. The lowest BCUT2D eigenvalue weighted by molar-refractivity contribution is 0.172. The first-order valence-corrected chi connectivity index (χ1v) is 6.59. The molecular formula is C15H21NO2. The predicted octanol–water partition coefficient (Wildman–Crippen LogP) is 2.69. The van der Waals surface area contributed by atoms with Crippen molar-refractivity contribution in [1.82, 2.24) is 5.32 Å². The van der Waals surface area contributed by atoms with Crippen molar-refractivity contribution in [3.63, 3.8) is 0 Å². The zero-order valence-electron chi connectivity index (χ0n) is 11.4. The number of nitrogens with one attached hydrogen (secondary N) is 1. The SMILES string of the molecule is CC1(C)CNCC(C)(c2ccc3c(c2)OCO3)C1. The highest BCUT2D eigenvalue weighted by molar-refractivity contribution is 5.46. The van der Waals surface area contributed by atoms with Gasteiger partial charge in [0.25, 0.3) is 0 Å². The van der Waals surface area contributed by atoms with Crippen molar-refractivity contribution in [2.75, 3.05) is 19.9 Å². The molecular weight excluding hydrogens is 226 g/mol. The van der Waals surface area contributed by atoms with Crippen molar-refractivity contribution < 1.29 is 9.47 Å². The largest absolute Gasteiger partial charge is 0.454 e. The van der Waals surface area contributed by atoms with Crippen LogP contribution in [0.2, 0.25) is 0 Å². The van der Waals surface area contributed by atoms with Gasteiger partial charge in [0.2, 0.25) is 6.79 Å². The Morgan fingerprint density at radius 1 is 1.06 bits per heavy atom. The summed E-state index contributed by atoms with van der Waals surface area (Å²) in [6, 6.07) is 6.35. The summed E-state index contributed by atoms with van der Waals surface area (Å²) in [5.74, 6) is 1.75. The van der Waals surface area contributed by atoms with E-state index in [4.69, 9.17) is 9.47 Å². The highest BCUT2D eigenvalue weighted by Gasteiger charge is 2.38. The number of ether oxygens (including phenoxy) is 2. The van der Waals surface area contributed by atoms with E-state index in [2.05, 4.69) is 38.2 Å². The van der Waals surface area contributed by atoms with Crippen LogP contribution in [0.25, 0.3) is 0 Å². The molecule has 3 heteroatoms. The van der Waals surface area contributed by atoms with E-state index in [9.17, 15) is 0 Å². The van der Waals surface area contributed by atoms with E-state index in [1.165, 1.54) is 12.0 Å². The molecule has 3 nitrogen and oxygen atoms in total. The van der Waals surface area contributed by atoms with Crippen LogP contribution in [0.1, 0.15) is 32.8 Å². The summed E-state index contributed by atoms with van der Waals surface area (Å²) >= 11 is 0. The average Bonchev–Trinajstić information content (AvgIpc) is 2.73. The van der Waals surface area contributed by atoms with Crippen LogP contribution in [0.4, 0.5) is 0 Å². The summed E-state index contributed by atoms with van der Waals surface area (Å²) in [7, 11) is 0. The van der Waals surface area contributed by atoms with Gasteiger partial charge in [0.15, 0.2) is 11.5 Å². The molecule has 1 fully saturated rings. The van der Waals surface area contributed by atoms with Crippen LogP contribution in [0, 0.1) is 5.41 Å². The van der Waals surface area contributed by atoms with Crippen LogP contribution in [-0.4, -0.2) is 19.9 Å². The number of piperidine rings is 1. The Balaban J connectivity index is 1.93. The third-order valence-corrected chi connectivity index (χ3v) is 4.06. The minimum Gasteiger partial charge on any atom is -0.454 e. The number of rotatable bonds is 1. The summed E-state index contributed by atoms with van der Waals surface area (Å²) in [4.78, 5) is 0. The molecule has 0 aromatic heterocycles. The number of hydrogen-bond donors (Lipinski definition) is 1. The molecule has 0 radical (unpaired) electrons. The van der Waals surface area contributed by atoms with E-state index < -0.39 is 0 Å². The molecule has 1 N–H and O–H groups in total. The van der Waals surface area contributed by atoms with Crippen LogP contribution in [-0.2, 0) is 5.41 Å². The van der Waals surface area contributed by atoms with E-state index in [0.717, 1.165) is 24.6 Å². The Kier molecular flexibility index (Phi) is 2.56. The van der Waals surface area contributed by atoms with Gasteiger partial charge in [-0.1, -0.05) is 26.8 Å². The molecule has 18 heavy (non-hydrogen) atoms. The summed E-state index contributed by atoms with van der Waals surface area (Å²) in [5.41, 5.74) is 1.85. The fraction of sp³-hybridized carbons (Fsp3) is 0.600. The Morgan fingerprint density at radius 3 is 2.61 bits per heavy atom. The number of benzene rings is 1. The summed E-state index contributed by atoms with van der Waals surface area (Å²) in [5, 5.41) is 3.56. The van der Waals surface area contributed by atoms with Crippen LogP contribution in [0.15, 0.2) is 18.2 Å². The van der Waals surface area contributed by atoms with Gasteiger partial charge >= 0.3 is 0 Å². The molecule has 2 heterocycles. The fourth-order valence-electron chi connectivity index (χ4n) is 3.33. The molecule has 1 saturated heterocycles. The van der Waals surface area contributed by atoms with Gasteiger partial charge in [-0.3, -0.25) is 0 Å². The minimum absolute atomic E-state index is 0.169. The topological polar surface area (TPSA) is 30.5 Å². The molecule has 0 aliphatic carbocycles. The molecule has 0 amide bonds. The maximum atomic E-state index is 5.48. The molecule has 1 atom stereocenters. The predicted molar refractivity (Wildman–Crippen MR) is 71.2 cm³/mol. The summed E-state index contributed by atoms with van der Waals surface area (Å²) < 4.78 is 10.9. The number of hydrogen-bond acceptors (Lipinski definition) is 3. The maximum absolute atomic E-state index is 5.48. The van der Waals surface area contributed by atoms with Crippen LogP contribution >= 0.6 is 0 Å². The van der Waals surface area contributed by atoms with Crippen molar-refractivity contribution >= 4 is 0 Å². The van der Waals surface area contributed by atoms with Crippen molar-refractivity contribution in [3.8, 4) is 11.5 Å². The Hall–Kier alpha value is -1.22. The second-order valence-corrected chi connectivity index (χ2v) is 6.57. The lowest BCUT2D eigenvalue weighted by Crippen LogP contribution is -2.49. The lowest BCUT2D eigenvalue weighted by Gasteiger charge is -2.43. The quantitative estimate of drug-likeness (QED) is 0.827. The van der Waals surface area contributed by atoms with Gasteiger partial charge in [-0.25, -0.2) is 0 Å². The van der Waals surface area contributed by atoms with Crippen LogP contribution < -0.4 is 14.8 Å². The monoisotopic (exact) mass is 247 g/mol. The highest BCUT2D eigenvalue weighted by atomic mass is 16.7. The molecule has 2 aliphatic rings. The Morgan fingerprint density at radius 2 is 1.83 bits per heavy atom. The van der Waals surface area contributed by atoms with Crippen molar-refractivity contribution in [2.45, 2.75) is 32.6 Å².